The molecule has 1 amide bonds. The summed E-state index contributed by atoms with van der Waals surface area (Å²) in [5.74, 6) is -1.06. The second-order valence-corrected chi connectivity index (χ2v) is 6.09. The molecule has 154 valence electrons. The minimum Gasteiger partial charge on any atom is -0.490 e. The molecule has 0 aliphatic rings. The van der Waals surface area contributed by atoms with Crippen LogP contribution in [0.15, 0.2) is 48.5 Å². The number of amides is 1. The summed E-state index contributed by atoms with van der Waals surface area (Å²) < 4.78 is 15.0. The number of benzene rings is 2. The largest absolute Gasteiger partial charge is 0.490 e. The van der Waals surface area contributed by atoms with Gasteiger partial charge in [0.1, 0.15) is 12.6 Å². The van der Waals surface area contributed by atoms with Crippen molar-refractivity contribution in [1.82, 2.24) is 5.32 Å². The van der Waals surface area contributed by atoms with Gasteiger partial charge in [0.25, 0.3) is 0 Å². The maximum atomic E-state index is 12.2. The Morgan fingerprint density at radius 1 is 1.10 bits per heavy atom. The van der Waals surface area contributed by atoms with Gasteiger partial charge in [0.15, 0.2) is 5.75 Å². The van der Waals surface area contributed by atoms with Crippen LogP contribution < -0.4 is 10.1 Å². The molecule has 0 radical (unpaired) electrons. The number of carbonyl (C=O) groups is 2. The number of nitrogens with one attached hydrogen (secondary N) is 1. The van der Waals surface area contributed by atoms with Crippen LogP contribution >= 0.6 is 0 Å². The van der Waals surface area contributed by atoms with E-state index in [0.29, 0.717) is 5.56 Å². The van der Waals surface area contributed by atoms with Crippen LogP contribution in [0.3, 0.4) is 0 Å². The quantitative estimate of drug-likeness (QED) is 0.367. The van der Waals surface area contributed by atoms with E-state index in [1.165, 1.54) is 26.4 Å². The third-order valence-electron chi connectivity index (χ3n) is 4.05. The molecule has 0 unspecified atom stereocenters. The van der Waals surface area contributed by atoms with E-state index < -0.39 is 22.8 Å². The fourth-order valence-corrected chi connectivity index (χ4v) is 2.65. The molecule has 0 aliphatic carbocycles. The van der Waals surface area contributed by atoms with Gasteiger partial charge in [-0.25, -0.2) is 4.79 Å². The standard InChI is InChI=1S/C20H22N2O7/c1-27-18-9-8-15(11-17(18)22(25)26)10-16(20(24)28-2)21-19(23)13-29-12-14-6-4-3-5-7-14/h3-9,11,16H,10,12-13H2,1-2H3,(H,21,23)/t16-/m1/s1. The lowest BCUT2D eigenvalue weighted by molar-refractivity contribution is -0.385. The summed E-state index contributed by atoms with van der Waals surface area (Å²) in [6, 6.07) is 12.6. The minimum absolute atomic E-state index is 0.0158. The molecule has 1 atom stereocenters. The van der Waals surface area contributed by atoms with Crippen molar-refractivity contribution >= 4 is 17.6 Å². The Morgan fingerprint density at radius 2 is 1.83 bits per heavy atom. The summed E-state index contributed by atoms with van der Waals surface area (Å²) in [6.45, 7) is 0.00692. The van der Waals surface area contributed by atoms with Gasteiger partial charge in [-0.1, -0.05) is 36.4 Å². The molecule has 0 aromatic heterocycles. The molecule has 2 rings (SSSR count). The maximum Gasteiger partial charge on any atom is 0.328 e. The lowest BCUT2D eigenvalue weighted by Crippen LogP contribution is -2.44. The molecule has 29 heavy (non-hydrogen) atoms. The molecule has 1 N–H and O–H groups in total. The fraction of sp³-hybridized carbons (Fsp3) is 0.300. The predicted molar refractivity (Wildman–Crippen MR) is 103 cm³/mol. The Hall–Kier alpha value is -3.46. The SMILES string of the molecule is COC(=O)[C@@H](Cc1ccc(OC)c([N+](=O)[O-])c1)NC(=O)COCc1ccccc1. The number of ether oxygens (including phenoxy) is 3. The molecule has 0 aliphatic heterocycles. The number of nitro groups is 1. The van der Waals surface area contributed by atoms with Crippen molar-refractivity contribution < 1.29 is 28.7 Å². The first-order valence-corrected chi connectivity index (χ1v) is 8.74. The zero-order valence-electron chi connectivity index (χ0n) is 16.1. The van der Waals surface area contributed by atoms with Gasteiger partial charge in [0, 0.05) is 12.5 Å². The number of hydrogen-bond acceptors (Lipinski definition) is 7. The molecule has 2 aromatic rings. The maximum absolute atomic E-state index is 12.2. The molecule has 0 saturated heterocycles. The lowest BCUT2D eigenvalue weighted by Gasteiger charge is -2.17. The lowest BCUT2D eigenvalue weighted by atomic mass is 10.0. The van der Waals surface area contributed by atoms with E-state index in [1.54, 1.807) is 6.07 Å². The van der Waals surface area contributed by atoms with Crippen LogP contribution in [-0.2, 0) is 32.1 Å². The van der Waals surface area contributed by atoms with Gasteiger partial charge in [-0.05, 0) is 17.2 Å². The number of esters is 1. The highest BCUT2D eigenvalue weighted by atomic mass is 16.6. The highest BCUT2D eigenvalue weighted by molar-refractivity contribution is 5.85. The average Bonchev–Trinajstić information content (AvgIpc) is 2.73. The number of carbonyl (C=O) groups excluding carboxylic acids is 2. The Balaban J connectivity index is 2.00. The van der Waals surface area contributed by atoms with Crippen molar-refractivity contribution in [2.45, 2.75) is 19.1 Å². The van der Waals surface area contributed by atoms with Crippen molar-refractivity contribution in [1.29, 1.82) is 0 Å². The second-order valence-electron chi connectivity index (χ2n) is 6.09. The van der Waals surface area contributed by atoms with Crippen molar-refractivity contribution in [3.63, 3.8) is 0 Å². The van der Waals surface area contributed by atoms with E-state index in [2.05, 4.69) is 5.32 Å². The summed E-state index contributed by atoms with van der Waals surface area (Å²) in [5.41, 5.74) is 1.15. The fourth-order valence-electron chi connectivity index (χ4n) is 2.65. The first-order chi connectivity index (χ1) is 13.9. The van der Waals surface area contributed by atoms with Crippen LogP contribution in [0.4, 0.5) is 5.69 Å². The molecule has 0 fully saturated rings. The molecule has 9 heteroatoms. The normalized spacial score (nSPS) is 11.4. The zero-order valence-corrected chi connectivity index (χ0v) is 16.1. The topological polar surface area (TPSA) is 117 Å². The minimum atomic E-state index is -1.01. The van der Waals surface area contributed by atoms with Gasteiger partial charge in [0.2, 0.25) is 5.91 Å². The van der Waals surface area contributed by atoms with Gasteiger partial charge in [-0.15, -0.1) is 0 Å². The Bertz CT molecular complexity index is 855. The molecule has 9 nitrogen and oxygen atoms in total. The molecule has 0 saturated carbocycles. The Kier molecular flexibility index (Phi) is 8.11. The second kappa shape index (κ2) is 10.8. The summed E-state index contributed by atoms with van der Waals surface area (Å²) in [5, 5.41) is 13.7. The van der Waals surface area contributed by atoms with E-state index >= 15 is 0 Å². The van der Waals surface area contributed by atoms with Gasteiger partial charge in [-0.2, -0.15) is 0 Å². The summed E-state index contributed by atoms with van der Waals surface area (Å²) in [4.78, 5) is 34.8. The third kappa shape index (κ3) is 6.58. The van der Waals surface area contributed by atoms with Crippen LogP contribution in [0.5, 0.6) is 5.75 Å². The van der Waals surface area contributed by atoms with Crippen molar-refractivity contribution in [2.75, 3.05) is 20.8 Å². The van der Waals surface area contributed by atoms with E-state index in [1.807, 2.05) is 30.3 Å². The predicted octanol–water partition coefficient (Wildman–Crippen LogP) is 2.02. The van der Waals surface area contributed by atoms with Crippen molar-refractivity contribution in [3.8, 4) is 5.75 Å². The van der Waals surface area contributed by atoms with Gasteiger partial charge >= 0.3 is 11.7 Å². The molecular formula is C20H22N2O7. The molecule has 0 bridgehead atoms. The van der Waals surface area contributed by atoms with Gasteiger partial charge in [0.05, 0.1) is 25.7 Å². The zero-order chi connectivity index (χ0) is 21.2. The summed E-state index contributed by atoms with van der Waals surface area (Å²) >= 11 is 0. The highest BCUT2D eigenvalue weighted by Gasteiger charge is 2.24. The third-order valence-corrected chi connectivity index (χ3v) is 4.05. The van der Waals surface area contributed by atoms with E-state index in [-0.39, 0.29) is 31.1 Å². The van der Waals surface area contributed by atoms with Crippen LogP contribution in [0.2, 0.25) is 0 Å². The number of nitro benzene ring substituents is 1. The number of hydrogen-bond donors (Lipinski definition) is 1. The van der Waals surface area contributed by atoms with E-state index in [0.717, 1.165) is 5.56 Å². The number of rotatable bonds is 10. The van der Waals surface area contributed by atoms with Crippen LogP contribution in [0.25, 0.3) is 0 Å². The van der Waals surface area contributed by atoms with Crippen LogP contribution in [0.1, 0.15) is 11.1 Å². The summed E-state index contributed by atoms with van der Waals surface area (Å²) in [6.07, 6.45) is 0.0158. The van der Waals surface area contributed by atoms with Crippen molar-refractivity contribution in [2.24, 2.45) is 0 Å². The molecule has 0 spiro atoms. The van der Waals surface area contributed by atoms with Crippen molar-refractivity contribution in [3.05, 3.63) is 69.8 Å². The van der Waals surface area contributed by atoms with E-state index in [9.17, 15) is 19.7 Å². The first kappa shape index (κ1) is 21.8. The van der Waals surface area contributed by atoms with E-state index in [4.69, 9.17) is 14.2 Å². The smallest absolute Gasteiger partial charge is 0.328 e. The van der Waals surface area contributed by atoms with Crippen LogP contribution in [0, 0.1) is 10.1 Å². The number of methoxy groups -OCH3 is 2. The number of nitrogens with zero attached hydrogens (tertiary/aromatic N) is 1. The molecule has 2 aromatic carbocycles. The average molecular weight is 402 g/mol. The Morgan fingerprint density at radius 3 is 2.45 bits per heavy atom. The molecule has 0 heterocycles. The first-order valence-electron chi connectivity index (χ1n) is 8.74. The van der Waals surface area contributed by atoms with Gasteiger partial charge in [-0.3, -0.25) is 14.9 Å². The van der Waals surface area contributed by atoms with Crippen LogP contribution in [-0.4, -0.2) is 43.7 Å². The summed E-state index contributed by atoms with van der Waals surface area (Å²) in [7, 11) is 2.53. The molecular weight excluding hydrogens is 380 g/mol. The monoisotopic (exact) mass is 402 g/mol. The Labute approximate surface area is 167 Å². The highest BCUT2D eigenvalue weighted by Crippen LogP contribution is 2.28. The van der Waals surface area contributed by atoms with Gasteiger partial charge < -0.3 is 19.5 Å².